The topological polar surface area (TPSA) is 69.5 Å². The van der Waals surface area contributed by atoms with E-state index in [0.29, 0.717) is 38.6 Å². The molecule has 0 aromatic carbocycles. The van der Waals surface area contributed by atoms with Gasteiger partial charge in [-0.2, -0.15) is 4.68 Å². The lowest BCUT2D eigenvalue weighted by Crippen LogP contribution is -2.43. The second kappa shape index (κ2) is 5.04. The molecular weight excluding hydrogens is 212 g/mol. The van der Waals surface area contributed by atoms with Gasteiger partial charge >= 0.3 is 6.03 Å². The average molecular weight is 226 g/mol. The fourth-order valence-corrected chi connectivity index (χ4v) is 1.51. The highest BCUT2D eigenvalue weighted by atomic mass is 16.5. The van der Waals surface area contributed by atoms with Gasteiger partial charge in [0.15, 0.2) is 0 Å². The first-order valence-corrected chi connectivity index (χ1v) is 5.08. The summed E-state index contributed by atoms with van der Waals surface area (Å²) in [6, 6.07) is -0.168. The lowest BCUT2D eigenvalue weighted by atomic mass is 10.4. The van der Waals surface area contributed by atoms with Gasteiger partial charge in [-0.05, 0) is 0 Å². The van der Waals surface area contributed by atoms with Crippen molar-refractivity contribution in [3.63, 3.8) is 0 Å². The number of amides is 1. The summed E-state index contributed by atoms with van der Waals surface area (Å²) in [7, 11) is 1.57. The summed E-state index contributed by atoms with van der Waals surface area (Å²) in [5.74, 6) is 0. The van der Waals surface area contributed by atoms with Crippen molar-refractivity contribution in [2.24, 2.45) is 0 Å². The second-order valence-corrected chi connectivity index (χ2v) is 3.47. The smallest absolute Gasteiger partial charge is 0.346 e. The van der Waals surface area contributed by atoms with E-state index in [4.69, 9.17) is 9.47 Å². The van der Waals surface area contributed by atoms with Crippen LogP contribution in [0.15, 0.2) is 6.20 Å². The molecule has 1 fully saturated rings. The predicted molar refractivity (Wildman–Crippen MR) is 53.9 cm³/mol. The van der Waals surface area contributed by atoms with Crippen LogP contribution in [0.25, 0.3) is 0 Å². The Kier molecular flexibility index (Phi) is 3.47. The summed E-state index contributed by atoms with van der Waals surface area (Å²) in [6.07, 6.45) is 1.58. The Morgan fingerprint density at radius 1 is 1.56 bits per heavy atom. The maximum Gasteiger partial charge on any atom is 0.346 e. The Labute approximate surface area is 92.9 Å². The fourth-order valence-electron chi connectivity index (χ4n) is 1.51. The third-order valence-electron chi connectivity index (χ3n) is 2.31. The van der Waals surface area contributed by atoms with Crippen LogP contribution in [0, 0.1) is 0 Å². The van der Waals surface area contributed by atoms with Crippen LogP contribution in [0.4, 0.5) is 4.79 Å². The number of nitrogens with zero attached hydrogens (tertiary/aromatic N) is 4. The zero-order valence-corrected chi connectivity index (χ0v) is 9.13. The van der Waals surface area contributed by atoms with Crippen molar-refractivity contribution in [3.8, 4) is 0 Å². The normalized spacial score (nSPS) is 16.4. The quantitative estimate of drug-likeness (QED) is 0.694. The number of carbonyl (C=O) groups is 1. The summed E-state index contributed by atoms with van der Waals surface area (Å²) < 4.78 is 11.3. The van der Waals surface area contributed by atoms with E-state index in [0.717, 1.165) is 0 Å². The highest BCUT2D eigenvalue weighted by molar-refractivity contribution is 5.75. The molecule has 16 heavy (non-hydrogen) atoms. The van der Waals surface area contributed by atoms with E-state index in [9.17, 15) is 4.79 Å². The molecule has 0 unspecified atom stereocenters. The average Bonchev–Trinajstić information content (AvgIpc) is 2.78. The first-order chi connectivity index (χ1) is 7.81. The molecule has 0 radical (unpaired) electrons. The Morgan fingerprint density at radius 3 is 3.00 bits per heavy atom. The lowest BCUT2D eigenvalue weighted by molar-refractivity contribution is 0.0527. The summed E-state index contributed by atoms with van der Waals surface area (Å²) in [5, 5.41) is 7.60. The summed E-state index contributed by atoms with van der Waals surface area (Å²) in [5.41, 5.74) is 0.643. The Bertz CT molecular complexity index is 359. The molecule has 1 aliphatic rings. The molecule has 0 saturated carbocycles. The SMILES string of the molecule is COCc1cn(C(=O)N2CCOCC2)nn1. The minimum absolute atomic E-state index is 0.168. The van der Waals surface area contributed by atoms with E-state index in [1.54, 1.807) is 18.2 Å². The van der Waals surface area contributed by atoms with Crippen LogP contribution in [-0.4, -0.2) is 59.3 Å². The van der Waals surface area contributed by atoms with E-state index in [2.05, 4.69) is 10.3 Å². The molecular formula is C9H14N4O3. The number of aromatic nitrogens is 3. The molecule has 2 rings (SSSR count). The van der Waals surface area contributed by atoms with Crippen molar-refractivity contribution in [1.82, 2.24) is 19.9 Å². The molecule has 2 heterocycles. The van der Waals surface area contributed by atoms with Crippen LogP contribution in [0.5, 0.6) is 0 Å². The largest absolute Gasteiger partial charge is 0.378 e. The molecule has 1 aromatic rings. The summed E-state index contributed by atoms with van der Waals surface area (Å²) >= 11 is 0. The molecule has 7 heteroatoms. The molecule has 1 saturated heterocycles. The third kappa shape index (κ3) is 2.37. The predicted octanol–water partition coefficient (Wildman–Crippen LogP) is -0.275. The van der Waals surface area contributed by atoms with Gasteiger partial charge in [0.25, 0.3) is 0 Å². The third-order valence-corrected chi connectivity index (χ3v) is 2.31. The molecule has 0 bridgehead atoms. The molecule has 88 valence electrons. The van der Waals surface area contributed by atoms with Crippen LogP contribution in [-0.2, 0) is 16.1 Å². The number of ether oxygens (including phenoxy) is 2. The monoisotopic (exact) mass is 226 g/mol. The van der Waals surface area contributed by atoms with Gasteiger partial charge < -0.3 is 14.4 Å². The van der Waals surface area contributed by atoms with Gasteiger partial charge in [0.1, 0.15) is 5.69 Å². The van der Waals surface area contributed by atoms with Crippen LogP contribution in [0.2, 0.25) is 0 Å². The molecule has 1 aliphatic heterocycles. The first-order valence-electron chi connectivity index (χ1n) is 5.08. The second-order valence-electron chi connectivity index (χ2n) is 3.47. The van der Waals surface area contributed by atoms with Crippen LogP contribution < -0.4 is 0 Å². The van der Waals surface area contributed by atoms with Gasteiger partial charge in [-0.3, -0.25) is 0 Å². The number of rotatable bonds is 2. The van der Waals surface area contributed by atoms with Crippen molar-refractivity contribution >= 4 is 6.03 Å². The minimum Gasteiger partial charge on any atom is -0.378 e. The Balaban J connectivity index is 2.01. The lowest BCUT2D eigenvalue weighted by Gasteiger charge is -2.25. The molecule has 1 aromatic heterocycles. The van der Waals surface area contributed by atoms with E-state index in [1.165, 1.54) is 4.68 Å². The number of hydrogen-bond donors (Lipinski definition) is 0. The van der Waals surface area contributed by atoms with Gasteiger partial charge in [-0.25, -0.2) is 4.79 Å². The molecule has 0 aliphatic carbocycles. The van der Waals surface area contributed by atoms with Crippen molar-refractivity contribution in [2.45, 2.75) is 6.61 Å². The molecule has 0 N–H and O–H groups in total. The Morgan fingerprint density at radius 2 is 2.31 bits per heavy atom. The molecule has 1 amide bonds. The van der Waals surface area contributed by atoms with Crippen molar-refractivity contribution in [3.05, 3.63) is 11.9 Å². The maximum absolute atomic E-state index is 11.9. The summed E-state index contributed by atoms with van der Waals surface area (Å²) in [6.45, 7) is 2.70. The van der Waals surface area contributed by atoms with Crippen LogP contribution >= 0.6 is 0 Å². The van der Waals surface area contributed by atoms with E-state index < -0.39 is 0 Å². The van der Waals surface area contributed by atoms with E-state index >= 15 is 0 Å². The highest BCUT2D eigenvalue weighted by Gasteiger charge is 2.19. The number of morpholine rings is 1. The molecule has 0 spiro atoms. The zero-order chi connectivity index (χ0) is 11.4. The number of hydrogen-bond acceptors (Lipinski definition) is 5. The van der Waals surface area contributed by atoms with E-state index in [-0.39, 0.29) is 6.03 Å². The Hall–Kier alpha value is -1.47. The van der Waals surface area contributed by atoms with Crippen molar-refractivity contribution < 1.29 is 14.3 Å². The van der Waals surface area contributed by atoms with Crippen molar-refractivity contribution in [1.29, 1.82) is 0 Å². The standard InChI is InChI=1S/C9H14N4O3/c1-15-7-8-6-13(11-10-8)9(14)12-2-4-16-5-3-12/h6H,2-5,7H2,1H3. The van der Waals surface area contributed by atoms with Gasteiger partial charge in [-0.1, -0.05) is 5.21 Å². The van der Waals surface area contributed by atoms with Crippen molar-refractivity contribution in [2.75, 3.05) is 33.4 Å². The fraction of sp³-hybridized carbons (Fsp3) is 0.667. The molecule has 0 atom stereocenters. The zero-order valence-electron chi connectivity index (χ0n) is 9.13. The first kappa shape index (κ1) is 11.0. The van der Waals surface area contributed by atoms with E-state index in [1.807, 2.05) is 0 Å². The molecule has 7 nitrogen and oxygen atoms in total. The van der Waals surface area contributed by atoms with Crippen LogP contribution in [0.3, 0.4) is 0 Å². The van der Waals surface area contributed by atoms with Gasteiger partial charge in [0, 0.05) is 20.2 Å². The minimum atomic E-state index is -0.168. The summed E-state index contributed by atoms with van der Waals surface area (Å²) in [4.78, 5) is 13.6. The number of methoxy groups -OCH3 is 1. The maximum atomic E-state index is 11.9. The number of carbonyl (C=O) groups excluding carboxylic acids is 1. The van der Waals surface area contributed by atoms with Gasteiger partial charge in [0.05, 0.1) is 26.0 Å². The highest BCUT2D eigenvalue weighted by Crippen LogP contribution is 2.02. The van der Waals surface area contributed by atoms with Gasteiger partial charge in [-0.15, -0.1) is 5.10 Å². The van der Waals surface area contributed by atoms with Crippen LogP contribution in [0.1, 0.15) is 5.69 Å². The van der Waals surface area contributed by atoms with Gasteiger partial charge in [0.2, 0.25) is 0 Å².